The Morgan fingerprint density at radius 3 is 2.63 bits per heavy atom. The van der Waals surface area contributed by atoms with Crippen molar-refractivity contribution in [3.8, 4) is 5.75 Å². The van der Waals surface area contributed by atoms with Crippen molar-refractivity contribution < 1.29 is 5.11 Å². The van der Waals surface area contributed by atoms with Crippen molar-refractivity contribution in [3.05, 3.63) is 29.8 Å². The zero-order valence-corrected chi connectivity index (χ0v) is 12.3. The van der Waals surface area contributed by atoms with E-state index < -0.39 is 0 Å². The molecule has 19 heavy (non-hydrogen) atoms. The smallest absolute Gasteiger partial charge is 0.120 e. The number of benzene rings is 1. The third-order valence-corrected chi connectivity index (χ3v) is 4.14. The number of nitrogens with one attached hydrogen (secondary N) is 1. The molecule has 1 aliphatic heterocycles. The third kappa shape index (κ3) is 3.48. The molecule has 1 saturated heterocycles. The Kier molecular flexibility index (Phi) is 4.83. The molecular weight excluding hydrogens is 236 g/mol. The van der Waals surface area contributed by atoms with Crippen molar-refractivity contribution in [3.63, 3.8) is 0 Å². The zero-order valence-electron chi connectivity index (χ0n) is 12.3. The lowest BCUT2D eigenvalue weighted by molar-refractivity contribution is 0.148. The molecule has 2 rings (SSSR count). The largest absolute Gasteiger partial charge is 0.508 e. The average Bonchev–Trinajstić information content (AvgIpc) is 2.88. The van der Waals surface area contributed by atoms with E-state index in [0.717, 1.165) is 18.7 Å². The van der Waals surface area contributed by atoms with Crippen molar-refractivity contribution >= 4 is 0 Å². The molecule has 1 aliphatic rings. The summed E-state index contributed by atoms with van der Waals surface area (Å²) >= 11 is 0. The van der Waals surface area contributed by atoms with E-state index in [-0.39, 0.29) is 6.04 Å². The van der Waals surface area contributed by atoms with E-state index in [9.17, 15) is 5.11 Å². The van der Waals surface area contributed by atoms with Crippen molar-refractivity contribution in [2.45, 2.75) is 51.7 Å². The molecule has 2 atom stereocenters. The van der Waals surface area contributed by atoms with Crippen LogP contribution in [0.15, 0.2) is 24.3 Å². The molecule has 106 valence electrons. The first-order valence-corrected chi connectivity index (χ1v) is 7.36. The van der Waals surface area contributed by atoms with Crippen LogP contribution in [-0.2, 0) is 0 Å². The molecule has 1 aromatic carbocycles. The van der Waals surface area contributed by atoms with Crippen molar-refractivity contribution in [2.24, 2.45) is 0 Å². The molecule has 1 fully saturated rings. The van der Waals surface area contributed by atoms with E-state index in [1.165, 1.54) is 12.8 Å². The first kappa shape index (κ1) is 14.4. The Balaban J connectivity index is 2.11. The highest BCUT2D eigenvalue weighted by molar-refractivity contribution is 5.34. The molecule has 2 N–H and O–H groups in total. The number of aromatic hydroxyl groups is 1. The number of phenolic OH excluding ortho intramolecular Hbond substituents is 1. The van der Waals surface area contributed by atoms with Crippen LogP contribution < -0.4 is 5.32 Å². The summed E-state index contributed by atoms with van der Waals surface area (Å²) in [6.45, 7) is 8.83. The predicted octanol–water partition coefficient (Wildman–Crippen LogP) is 2.92. The minimum absolute atomic E-state index is 0.239. The summed E-state index contributed by atoms with van der Waals surface area (Å²) in [5.41, 5.74) is 1.02. The fourth-order valence-corrected chi connectivity index (χ4v) is 3.00. The Bertz CT molecular complexity index is 399. The van der Waals surface area contributed by atoms with Crippen LogP contribution in [0, 0.1) is 0 Å². The summed E-state index contributed by atoms with van der Waals surface area (Å²) in [5.74, 6) is 0.403. The van der Waals surface area contributed by atoms with Crippen molar-refractivity contribution in [1.82, 2.24) is 10.2 Å². The van der Waals surface area contributed by atoms with Gasteiger partial charge in [-0.2, -0.15) is 0 Å². The summed E-state index contributed by atoms with van der Waals surface area (Å²) in [6.07, 6.45) is 2.54. The van der Waals surface area contributed by atoms with Crippen molar-refractivity contribution in [2.75, 3.05) is 13.1 Å². The van der Waals surface area contributed by atoms with Crippen LogP contribution in [0.3, 0.4) is 0 Å². The maximum Gasteiger partial charge on any atom is 0.120 e. The molecule has 0 amide bonds. The van der Waals surface area contributed by atoms with Gasteiger partial charge in [-0.1, -0.05) is 18.2 Å². The third-order valence-electron chi connectivity index (χ3n) is 4.14. The highest BCUT2D eigenvalue weighted by Crippen LogP contribution is 2.29. The second kappa shape index (κ2) is 6.40. The van der Waals surface area contributed by atoms with Gasteiger partial charge in [0.05, 0.1) is 0 Å². The number of hydrogen-bond acceptors (Lipinski definition) is 3. The van der Waals surface area contributed by atoms with Crippen LogP contribution in [0.4, 0.5) is 0 Å². The topological polar surface area (TPSA) is 35.5 Å². The van der Waals surface area contributed by atoms with Gasteiger partial charge in [-0.05, 0) is 46.2 Å². The minimum Gasteiger partial charge on any atom is -0.508 e. The second-order valence-corrected chi connectivity index (χ2v) is 5.82. The van der Waals surface area contributed by atoms with Crippen molar-refractivity contribution in [1.29, 1.82) is 0 Å². The van der Waals surface area contributed by atoms with Crippen LogP contribution in [0.1, 0.15) is 45.2 Å². The molecular formula is C16H26N2O. The van der Waals surface area contributed by atoms with Crippen LogP contribution in [0.5, 0.6) is 5.75 Å². The fourth-order valence-electron chi connectivity index (χ4n) is 3.00. The molecule has 3 nitrogen and oxygen atoms in total. The van der Waals surface area contributed by atoms with Gasteiger partial charge in [0.25, 0.3) is 0 Å². The lowest BCUT2D eigenvalue weighted by Gasteiger charge is -2.35. The van der Waals surface area contributed by atoms with Crippen LogP contribution in [0.25, 0.3) is 0 Å². The molecule has 0 bridgehead atoms. The van der Waals surface area contributed by atoms with Gasteiger partial charge >= 0.3 is 0 Å². The van der Waals surface area contributed by atoms with E-state index in [1.54, 1.807) is 6.07 Å². The zero-order chi connectivity index (χ0) is 13.8. The summed E-state index contributed by atoms with van der Waals surface area (Å²) in [6, 6.07) is 8.98. The molecule has 3 heteroatoms. The van der Waals surface area contributed by atoms with E-state index in [2.05, 4.69) is 31.0 Å². The molecule has 0 saturated carbocycles. The highest BCUT2D eigenvalue weighted by atomic mass is 16.3. The maximum atomic E-state index is 10.0. The van der Waals surface area contributed by atoms with Gasteiger partial charge in [0.15, 0.2) is 0 Å². The van der Waals surface area contributed by atoms with E-state index >= 15 is 0 Å². The molecule has 2 unspecified atom stereocenters. The molecule has 1 heterocycles. The van der Waals surface area contributed by atoms with Crippen LogP contribution in [-0.4, -0.2) is 35.2 Å². The normalized spacial score (nSPS) is 21.2. The van der Waals surface area contributed by atoms with Gasteiger partial charge in [-0.15, -0.1) is 0 Å². The molecule has 0 aromatic heterocycles. The standard InChI is InChI=1S/C16H26N2O/c1-12(2)18(11-14-7-6-10-17-14)13(3)15-8-4-5-9-16(15)19/h4-5,8-9,12-14,17,19H,6-7,10-11H2,1-3H3. The number of para-hydroxylation sites is 1. The molecule has 1 aromatic rings. The Morgan fingerprint density at radius 2 is 2.05 bits per heavy atom. The summed E-state index contributed by atoms with van der Waals surface area (Å²) < 4.78 is 0. The fraction of sp³-hybridized carbons (Fsp3) is 0.625. The van der Waals surface area contributed by atoms with Crippen LogP contribution >= 0.6 is 0 Å². The summed E-state index contributed by atoms with van der Waals surface area (Å²) in [7, 11) is 0. The Labute approximate surface area is 116 Å². The Hall–Kier alpha value is -1.06. The first-order chi connectivity index (χ1) is 9.09. The van der Waals surface area contributed by atoms with Gasteiger partial charge < -0.3 is 10.4 Å². The monoisotopic (exact) mass is 262 g/mol. The predicted molar refractivity (Wildman–Crippen MR) is 79.4 cm³/mol. The summed E-state index contributed by atoms with van der Waals surface area (Å²) in [5, 5.41) is 13.6. The van der Waals surface area contributed by atoms with Gasteiger partial charge in [-0.3, -0.25) is 4.90 Å². The summed E-state index contributed by atoms with van der Waals surface area (Å²) in [4.78, 5) is 2.47. The minimum atomic E-state index is 0.239. The SMILES string of the molecule is CC(C)N(CC1CCCN1)C(C)c1ccccc1O. The maximum absolute atomic E-state index is 10.0. The van der Waals surface area contributed by atoms with Gasteiger partial charge in [0.2, 0.25) is 0 Å². The number of nitrogens with zero attached hydrogens (tertiary/aromatic N) is 1. The van der Waals surface area contributed by atoms with E-state index in [1.807, 2.05) is 18.2 Å². The van der Waals surface area contributed by atoms with Crippen LogP contribution in [0.2, 0.25) is 0 Å². The van der Waals surface area contributed by atoms with E-state index in [0.29, 0.717) is 17.8 Å². The molecule has 0 aliphatic carbocycles. The second-order valence-electron chi connectivity index (χ2n) is 5.82. The van der Waals surface area contributed by atoms with Gasteiger partial charge in [-0.25, -0.2) is 0 Å². The lowest BCUT2D eigenvalue weighted by atomic mass is 10.0. The quantitative estimate of drug-likeness (QED) is 0.856. The molecule has 0 spiro atoms. The molecule has 0 radical (unpaired) electrons. The van der Waals surface area contributed by atoms with E-state index in [4.69, 9.17) is 0 Å². The number of phenols is 1. The highest BCUT2D eigenvalue weighted by Gasteiger charge is 2.25. The number of hydrogen-bond donors (Lipinski definition) is 2. The van der Waals surface area contributed by atoms with Gasteiger partial charge in [0, 0.05) is 30.2 Å². The first-order valence-electron chi connectivity index (χ1n) is 7.36. The lowest BCUT2D eigenvalue weighted by Crippen LogP contribution is -2.42. The Morgan fingerprint density at radius 1 is 1.32 bits per heavy atom. The average molecular weight is 262 g/mol. The number of rotatable bonds is 5. The van der Waals surface area contributed by atoms with Gasteiger partial charge in [0.1, 0.15) is 5.75 Å².